The van der Waals surface area contributed by atoms with Gasteiger partial charge in [-0.25, -0.2) is 4.79 Å². The van der Waals surface area contributed by atoms with Crippen molar-refractivity contribution in [2.24, 2.45) is 0 Å². The minimum atomic E-state index is -0.998. The number of nitrogens with one attached hydrogen (secondary N) is 1. The second kappa shape index (κ2) is 6.02. The molecular weight excluding hydrogens is 278 g/mol. The van der Waals surface area contributed by atoms with Crippen LogP contribution < -0.4 is 5.32 Å². The summed E-state index contributed by atoms with van der Waals surface area (Å²) in [7, 11) is 0. The van der Waals surface area contributed by atoms with Crippen molar-refractivity contribution in [1.82, 2.24) is 0 Å². The molecule has 1 aliphatic rings. The van der Waals surface area contributed by atoms with Gasteiger partial charge in [-0.15, -0.1) is 0 Å². The standard InChI is InChI=1S/C18H17NO3/c20-17(13-5-7-14(8-6-13)18(21)22)19-16-10-9-12-3-1-2-4-15(12)11-16/h5-11H,1-4H2,(H,19,20)(H,21,22). The van der Waals surface area contributed by atoms with Gasteiger partial charge >= 0.3 is 5.97 Å². The molecule has 0 heterocycles. The zero-order valence-corrected chi connectivity index (χ0v) is 12.1. The summed E-state index contributed by atoms with van der Waals surface area (Å²) in [5.74, 6) is -1.23. The fourth-order valence-corrected chi connectivity index (χ4v) is 2.78. The van der Waals surface area contributed by atoms with E-state index in [2.05, 4.69) is 11.4 Å². The van der Waals surface area contributed by atoms with E-state index in [9.17, 15) is 9.59 Å². The number of carboxylic acids is 1. The Morgan fingerprint density at radius 1 is 0.864 bits per heavy atom. The zero-order chi connectivity index (χ0) is 15.5. The van der Waals surface area contributed by atoms with Crippen LogP contribution in [0.15, 0.2) is 42.5 Å². The molecule has 0 spiro atoms. The van der Waals surface area contributed by atoms with Crippen molar-refractivity contribution in [1.29, 1.82) is 0 Å². The Kier molecular flexibility index (Phi) is 3.92. The molecule has 1 amide bonds. The van der Waals surface area contributed by atoms with Gasteiger partial charge in [-0.3, -0.25) is 4.79 Å². The van der Waals surface area contributed by atoms with Gasteiger partial charge in [-0.2, -0.15) is 0 Å². The lowest BCUT2D eigenvalue weighted by molar-refractivity contribution is 0.0696. The SMILES string of the molecule is O=C(O)c1ccc(C(=O)Nc2ccc3c(c2)CCCC3)cc1. The van der Waals surface area contributed by atoms with Gasteiger partial charge in [-0.1, -0.05) is 6.07 Å². The summed E-state index contributed by atoms with van der Waals surface area (Å²) in [5, 5.41) is 11.7. The van der Waals surface area contributed by atoms with Crippen molar-refractivity contribution in [3.05, 3.63) is 64.7 Å². The van der Waals surface area contributed by atoms with Crippen molar-refractivity contribution in [2.45, 2.75) is 25.7 Å². The van der Waals surface area contributed by atoms with Gasteiger partial charge in [0.1, 0.15) is 0 Å². The Labute approximate surface area is 128 Å². The van der Waals surface area contributed by atoms with Gasteiger partial charge in [0.25, 0.3) is 5.91 Å². The van der Waals surface area contributed by atoms with Crippen LogP contribution in [-0.4, -0.2) is 17.0 Å². The molecule has 2 N–H and O–H groups in total. The molecule has 0 atom stereocenters. The van der Waals surface area contributed by atoms with Crippen molar-refractivity contribution in [3.63, 3.8) is 0 Å². The average Bonchev–Trinajstić information content (AvgIpc) is 2.55. The third-order valence-electron chi connectivity index (χ3n) is 4.00. The lowest BCUT2D eigenvalue weighted by Crippen LogP contribution is -2.13. The van der Waals surface area contributed by atoms with E-state index in [0.717, 1.165) is 18.5 Å². The summed E-state index contributed by atoms with van der Waals surface area (Å²) in [6.45, 7) is 0. The topological polar surface area (TPSA) is 66.4 Å². The Morgan fingerprint density at radius 3 is 2.18 bits per heavy atom. The van der Waals surface area contributed by atoms with E-state index in [-0.39, 0.29) is 11.5 Å². The molecule has 3 rings (SSSR count). The van der Waals surface area contributed by atoms with E-state index in [0.29, 0.717) is 5.56 Å². The first-order chi connectivity index (χ1) is 10.6. The lowest BCUT2D eigenvalue weighted by Gasteiger charge is -2.16. The summed E-state index contributed by atoms with van der Waals surface area (Å²) < 4.78 is 0. The molecule has 4 heteroatoms. The molecule has 112 valence electrons. The number of aryl methyl sites for hydroxylation is 2. The van der Waals surface area contributed by atoms with Gasteiger partial charge in [0.05, 0.1) is 5.56 Å². The fraction of sp³-hybridized carbons (Fsp3) is 0.222. The van der Waals surface area contributed by atoms with Crippen molar-refractivity contribution in [2.75, 3.05) is 5.32 Å². The minimum absolute atomic E-state index is 0.172. The molecule has 0 aliphatic heterocycles. The predicted octanol–water partition coefficient (Wildman–Crippen LogP) is 3.52. The highest BCUT2D eigenvalue weighted by molar-refractivity contribution is 6.04. The number of carbonyl (C=O) groups is 2. The fourth-order valence-electron chi connectivity index (χ4n) is 2.78. The van der Waals surface area contributed by atoms with Crippen LogP contribution in [0.4, 0.5) is 5.69 Å². The highest BCUT2D eigenvalue weighted by Gasteiger charge is 2.12. The third-order valence-corrected chi connectivity index (χ3v) is 4.00. The highest BCUT2D eigenvalue weighted by atomic mass is 16.4. The van der Waals surface area contributed by atoms with Crippen molar-refractivity contribution < 1.29 is 14.7 Å². The number of hydrogen-bond acceptors (Lipinski definition) is 2. The maximum absolute atomic E-state index is 12.2. The van der Waals surface area contributed by atoms with Gasteiger partial charge in [0, 0.05) is 11.3 Å². The van der Waals surface area contributed by atoms with E-state index in [4.69, 9.17) is 5.11 Å². The second-order valence-electron chi connectivity index (χ2n) is 5.53. The smallest absolute Gasteiger partial charge is 0.335 e. The number of carbonyl (C=O) groups excluding carboxylic acids is 1. The van der Waals surface area contributed by atoms with E-state index in [1.807, 2.05) is 12.1 Å². The van der Waals surface area contributed by atoms with Gasteiger partial charge < -0.3 is 10.4 Å². The van der Waals surface area contributed by atoms with Gasteiger partial charge in [-0.05, 0) is 73.2 Å². The second-order valence-corrected chi connectivity index (χ2v) is 5.53. The van der Waals surface area contributed by atoms with Crippen LogP contribution in [0.1, 0.15) is 44.7 Å². The molecule has 1 aliphatic carbocycles. The normalized spacial score (nSPS) is 13.3. The molecule has 22 heavy (non-hydrogen) atoms. The molecule has 0 aromatic heterocycles. The first kappa shape index (κ1) is 14.3. The van der Waals surface area contributed by atoms with E-state index >= 15 is 0 Å². The van der Waals surface area contributed by atoms with Crippen molar-refractivity contribution in [3.8, 4) is 0 Å². The first-order valence-corrected chi connectivity index (χ1v) is 7.40. The maximum Gasteiger partial charge on any atom is 0.335 e. The van der Waals surface area contributed by atoms with E-state index < -0.39 is 5.97 Å². The average molecular weight is 295 g/mol. The minimum Gasteiger partial charge on any atom is -0.478 e. The summed E-state index contributed by atoms with van der Waals surface area (Å²) in [4.78, 5) is 23.0. The number of anilines is 1. The summed E-state index contributed by atoms with van der Waals surface area (Å²) in [5.41, 5.74) is 4.08. The molecule has 0 fully saturated rings. The van der Waals surface area contributed by atoms with Crippen LogP contribution in [0.3, 0.4) is 0 Å². The number of hydrogen-bond donors (Lipinski definition) is 2. The molecule has 2 aromatic carbocycles. The number of amides is 1. The van der Waals surface area contributed by atoms with Crippen molar-refractivity contribution >= 4 is 17.6 Å². The van der Waals surface area contributed by atoms with Crippen LogP contribution in [-0.2, 0) is 12.8 Å². The Morgan fingerprint density at radius 2 is 1.50 bits per heavy atom. The molecule has 0 saturated heterocycles. The summed E-state index contributed by atoms with van der Waals surface area (Å²) >= 11 is 0. The monoisotopic (exact) mass is 295 g/mol. The summed E-state index contributed by atoms with van der Waals surface area (Å²) in [6.07, 6.45) is 4.60. The molecule has 0 saturated carbocycles. The maximum atomic E-state index is 12.2. The number of benzene rings is 2. The number of fused-ring (bicyclic) bond motifs is 1. The van der Waals surface area contributed by atoms with Crippen LogP contribution in [0.5, 0.6) is 0 Å². The molecule has 2 aromatic rings. The molecule has 0 unspecified atom stereocenters. The Balaban J connectivity index is 1.75. The van der Waals surface area contributed by atoms with Crippen LogP contribution in [0.25, 0.3) is 0 Å². The number of carboxylic acid groups (broad SMARTS) is 1. The largest absolute Gasteiger partial charge is 0.478 e. The molecular formula is C18H17NO3. The van der Waals surface area contributed by atoms with Crippen LogP contribution in [0.2, 0.25) is 0 Å². The van der Waals surface area contributed by atoms with Crippen LogP contribution >= 0.6 is 0 Å². The third kappa shape index (κ3) is 3.01. The van der Waals surface area contributed by atoms with Gasteiger partial charge in [0.2, 0.25) is 0 Å². The first-order valence-electron chi connectivity index (χ1n) is 7.40. The Hall–Kier alpha value is -2.62. The zero-order valence-electron chi connectivity index (χ0n) is 12.1. The van der Waals surface area contributed by atoms with E-state index in [1.165, 1.54) is 48.2 Å². The molecule has 4 nitrogen and oxygen atoms in total. The van der Waals surface area contributed by atoms with E-state index in [1.54, 1.807) is 0 Å². The quantitative estimate of drug-likeness (QED) is 0.910. The predicted molar refractivity (Wildman–Crippen MR) is 84.4 cm³/mol. The molecule has 0 bridgehead atoms. The highest BCUT2D eigenvalue weighted by Crippen LogP contribution is 2.24. The van der Waals surface area contributed by atoms with Crippen LogP contribution in [0, 0.1) is 0 Å². The molecule has 0 radical (unpaired) electrons. The Bertz CT molecular complexity index is 720. The summed E-state index contributed by atoms with van der Waals surface area (Å²) in [6, 6.07) is 12.0. The lowest BCUT2D eigenvalue weighted by atomic mass is 9.91. The van der Waals surface area contributed by atoms with Gasteiger partial charge in [0.15, 0.2) is 0 Å². The number of rotatable bonds is 3. The number of aromatic carboxylic acids is 1.